The van der Waals surface area contributed by atoms with E-state index in [0.717, 1.165) is 11.1 Å². The highest BCUT2D eigenvalue weighted by molar-refractivity contribution is 6.13. The molecule has 0 saturated heterocycles. The van der Waals surface area contributed by atoms with Crippen LogP contribution in [-0.4, -0.2) is 8.80 Å². The molecule has 9 aromatic rings. The highest BCUT2D eigenvalue weighted by atomic mass is 16.1. The molecule has 0 N–H and O–H groups in total. The molecule has 6 nitrogen and oxygen atoms in total. The van der Waals surface area contributed by atoms with Gasteiger partial charge in [-0.2, -0.15) is 0 Å². The molecule has 4 aromatic heterocycles. The van der Waals surface area contributed by atoms with Crippen LogP contribution in [0.4, 0.5) is 0 Å². The van der Waals surface area contributed by atoms with Crippen LogP contribution in [0.15, 0.2) is 104 Å². The number of aromatic nitrogens is 2. The van der Waals surface area contributed by atoms with E-state index in [1.54, 1.807) is 18.2 Å². The second kappa shape index (κ2) is 16.2. The maximum atomic E-state index is 14.2. The van der Waals surface area contributed by atoms with Gasteiger partial charge in [0.05, 0.1) is 33.1 Å². The number of hydrogen-bond donors (Lipinski definition) is 0. The van der Waals surface area contributed by atoms with Crippen LogP contribution in [-0.2, 0) is 0 Å². The predicted octanol–water partition coefficient (Wildman–Crippen LogP) is 11.2. The van der Waals surface area contributed by atoms with Gasteiger partial charge in [-0.05, 0) is 85.6 Å². The first-order valence-corrected chi connectivity index (χ1v) is 18.8. The molecule has 9 rings (SSSR count). The number of pyridine rings is 4. The molecule has 0 radical (unpaired) electrons. The van der Waals surface area contributed by atoms with Crippen LogP contribution in [0.1, 0.15) is 80.4 Å². The van der Waals surface area contributed by atoms with Gasteiger partial charge < -0.3 is 8.80 Å². The van der Waals surface area contributed by atoms with E-state index >= 15 is 0 Å². The van der Waals surface area contributed by atoms with Crippen LogP contribution >= 0.6 is 0 Å². The first-order chi connectivity index (χ1) is 25.3. The predicted molar refractivity (Wildman–Crippen MR) is 227 cm³/mol. The van der Waals surface area contributed by atoms with Crippen molar-refractivity contribution in [2.24, 2.45) is 0 Å². The Balaban J connectivity index is 0.000000561. The number of para-hydroxylation sites is 2. The number of hydrogen-bond acceptors (Lipinski definition) is 4. The Morgan fingerprint density at radius 3 is 0.942 bits per heavy atom. The molecule has 268 valence electrons. The Labute approximate surface area is 304 Å². The highest BCUT2D eigenvalue weighted by Crippen LogP contribution is 2.32. The van der Waals surface area contributed by atoms with Crippen molar-refractivity contribution in [1.82, 2.24) is 8.80 Å². The van der Waals surface area contributed by atoms with Crippen LogP contribution < -0.4 is 21.7 Å². The lowest BCUT2D eigenvalue weighted by Gasteiger charge is -2.18. The lowest BCUT2D eigenvalue weighted by Crippen LogP contribution is -2.17. The number of nitrogens with zero attached hydrogens (tertiary/aromatic N) is 2. The maximum Gasteiger partial charge on any atom is 0.197 e. The van der Waals surface area contributed by atoms with Crippen LogP contribution in [0.3, 0.4) is 0 Å². The minimum absolute atomic E-state index is 0.122. The van der Waals surface area contributed by atoms with Crippen LogP contribution in [0.25, 0.3) is 76.2 Å². The van der Waals surface area contributed by atoms with Crippen LogP contribution in [0.5, 0.6) is 0 Å². The Morgan fingerprint density at radius 1 is 0.327 bits per heavy atom. The molecular weight excluding hydrogens is 645 g/mol. The molecule has 0 unspecified atom stereocenters. The van der Waals surface area contributed by atoms with Gasteiger partial charge in [0.2, 0.25) is 0 Å². The Bertz CT molecular complexity index is 2760. The molecule has 0 saturated carbocycles. The van der Waals surface area contributed by atoms with E-state index in [0.29, 0.717) is 76.2 Å². The van der Waals surface area contributed by atoms with E-state index in [1.165, 1.54) is 0 Å². The molecule has 0 atom stereocenters. The second-order valence-corrected chi connectivity index (χ2v) is 11.3. The van der Waals surface area contributed by atoms with Gasteiger partial charge in [-0.1, -0.05) is 93.5 Å². The Morgan fingerprint density at radius 2 is 0.615 bits per heavy atom. The van der Waals surface area contributed by atoms with Gasteiger partial charge in [-0.25, -0.2) is 0 Å². The Hall–Kier alpha value is -5.62. The van der Waals surface area contributed by atoms with Crippen molar-refractivity contribution in [1.29, 1.82) is 0 Å². The summed E-state index contributed by atoms with van der Waals surface area (Å²) in [6, 6.07) is 25.7. The number of rotatable bonds is 0. The van der Waals surface area contributed by atoms with Gasteiger partial charge in [-0.15, -0.1) is 0 Å². The van der Waals surface area contributed by atoms with Crippen molar-refractivity contribution in [3.05, 3.63) is 137 Å². The lowest BCUT2D eigenvalue weighted by atomic mass is 9.98. The SMILES string of the molecule is CC.CC.CC.CC.CC.Cc1cc2c(=O)c3ccccc3n3c4cc5c(cc4c(=O)c(c1)c23)c(=O)c1cc(C)cc2c(=O)c3ccccc3n5c21. The molecule has 4 heterocycles. The quantitative estimate of drug-likeness (QED) is 0.117. The maximum absolute atomic E-state index is 14.2. The fourth-order valence-corrected chi connectivity index (χ4v) is 7.09. The molecular formula is C46H50N2O4. The first kappa shape index (κ1) is 39.2. The largest absolute Gasteiger partial charge is 0.307 e. The molecule has 0 aliphatic heterocycles. The third-order valence-electron chi connectivity index (χ3n) is 8.80. The zero-order chi connectivity index (χ0) is 38.6. The summed E-state index contributed by atoms with van der Waals surface area (Å²) in [6.45, 7) is 23.8. The monoisotopic (exact) mass is 694 g/mol. The zero-order valence-corrected chi connectivity index (χ0v) is 32.6. The average molecular weight is 695 g/mol. The Kier molecular flexibility index (Phi) is 12.2. The fourth-order valence-electron chi connectivity index (χ4n) is 7.09. The van der Waals surface area contributed by atoms with E-state index in [-0.39, 0.29) is 21.7 Å². The molecule has 52 heavy (non-hydrogen) atoms. The van der Waals surface area contributed by atoms with Gasteiger partial charge >= 0.3 is 0 Å². The lowest BCUT2D eigenvalue weighted by molar-refractivity contribution is 1.28. The van der Waals surface area contributed by atoms with Crippen molar-refractivity contribution in [2.75, 3.05) is 0 Å². The van der Waals surface area contributed by atoms with E-state index < -0.39 is 0 Å². The summed E-state index contributed by atoms with van der Waals surface area (Å²) in [7, 11) is 0. The van der Waals surface area contributed by atoms with Gasteiger partial charge in [0, 0.05) is 43.1 Å². The summed E-state index contributed by atoms with van der Waals surface area (Å²) >= 11 is 0. The van der Waals surface area contributed by atoms with Gasteiger partial charge in [-0.3, -0.25) is 19.2 Å². The number of fused-ring (bicyclic) bond motifs is 8. The average Bonchev–Trinajstić information content (AvgIpc) is 3.21. The summed E-state index contributed by atoms with van der Waals surface area (Å²) in [5, 5.41) is 3.73. The third-order valence-corrected chi connectivity index (χ3v) is 8.80. The van der Waals surface area contributed by atoms with Gasteiger partial charge in [0.15, 0.2) is 21.7 Å². The summed E-state index contributed by atoms with van der Waals surface area (Å²) in [5.74, 6) is 0. The molecule has 0 fully saturated rings. The summed E-state index contributed by atoms with van der Waals surface area (Å²) < 4.78 is 3.96. The molecule has 5 aromatic carbocycles. The first-order valence-electron chi connectivity index (χ1n) is 18.8. The van der Waals surface area contributed by atoms with Crippen molar-refractivity contribution >= 4 is 76.2 Å². The minimum atomic E-state index is -0.228. The van der Waals surface area contributed by atoms with Crippen molar-refractivity contribution in [3.8, 4) is 0 Å². The van der Waals surface area contributed by atoms with E-state index in [2.05, 4.69) is 0 Å². The molecule has 0 aliphatic rings. The van der Waals surface area contributed by atoms with Crippen molar-refractivity contribution in [2.45, 2.75) is 83.1 Å². The smallest absolute Gasteiger partial charge is 0.197 e. The molecule has 0 aliphatic carbocycles. The zero-order valence-electron chi connectivity index (χ0n) is 32.6. The summed E-state index contributed by atoms with van der Waals surface area (Å²) in [6.07, 6.45) is 0. The van der Waals surface area contributed by atoms with E-state index in [1.807, 2.05) is 159 Å². The van der Waals surface area contributed by atoms with Gasteiger partial charge in [0.25, 0.3) is 0 Å². The molecule has 0 amide bonds. The van der Waals surface area contributed by atoms with E-state index in [9.17, 15) is 19.2 Å². The second-order valence-electron chi connectivity index (χ2n) is 11.3. The molecule has 0 spiro atoms. The fraction of sp³-hybridized carbons (Fsp3) is 0.261. The number of benzene rings is 5. The topological polar surface area (TPSA) is 77.1 Å². The van der Waals surface area contributed by atoms with Crippen LogP contribution in [0, 0.1) is 13.8 Å². The standard InChI is InChI=1S/C36H20N2O4.5C2H6/c1-17-11-23-31-25(13-17)35(41)21-15-22-30(16-29(21)37(31)27-9-5-3-7-19(27)33(23)39)38-28-10-6-4-8-20(28)34(40)24-12-18(2)14-26(32(24)38)36(22)42;5*1-2/h3-16H,1-2H3;5*1-2H3. The van der Waals surface area contributed by atoms with E-state index in [4.69, 9.17) is 0 Å². The molecule has 6 heteroatoms. The van der Waals surface area contributed by atoms with Crippen molar-refractivity contribution < 1.29 is 0 Å². The summed E-state index contributed by atoms with van der Waals surface area (Å²) in [5.41, 5.74) is 4.61. The number of aryl methyl sites for hydroxylation is 2. The highest BCUT2D eigenvalue weighted by Gasteiger charge is 2.22. The van der Waals surface area contributed by atoms with Gasteiger partial charge in [0.1, 0.15) is 0 Å². The van der Waals surface area contributed by atoms with Crippen molar-refractivity contribution in [3.63, 3.8) is 0 Å². The normalized spacial score (nSPS) is 10.6. The molecule has 0 bridgehead atoms. The minimum Gasteiger partial charge on any atom is -0.307 e. The summed E-state index contributed by atoms with van der Waals surface area (Å²) in [4.78, 5) is 55.6. The van der Waals surface area contributed by atoms with Crippen LogP contribution in [0.2, 0.25) is 0 Å². The third kappa shape index (κ3) is 5.76.